The number of hydrogen-bond acceptors (Lipinski definition) is 3. The molecule has 0 unspecified atom stereocenters. The molecule has 0 saturated heterocycles. The van der Waals surface area contributed by atoms with Gasteiger partial charge in [0.25, 0.3) is 5.91 Å². The Morgan fingerprint density at radius 3 is 2.29 bits per heavy atom. The third-order valence-electron chi connectivity index (χ3n) is 3.42. The van der Waals surface area contributed by atoms with Crippen LogP contribution in [0.2, 0.25) is 0 Å². The van der Waals surface area contributed by atoms with Crippen molar-refractivity contribution < 1.29 is 9.90 Å². The smallest absolute Gasteiger partial charge is 0.255 e. The highest BCUT2D eigenvalue weighted by atomic mass is 16.3. The molecule has 0 heterocycles. The number of likely N-dealkylation sites (N-methyl/N-ethyl adjacent to an activating group) is 1. The van der Waals surface area contributed by atoms with Crippen LogP contribution in [0.3, 0.4) is 0 Å². The van der Waals surface area contributed by atoms with E-state index in [2.05, 4.69) is 0 Å². The van der Waals surface area contributed by atoms with Crippen LogP contribution in [0.4, 0.5) is 11.4 Å². The first-order valence-electron chi connectivity index (χ1n) is 6.89. The van der Waals surface area contributed by atoms with E-state index in [9.17, 15) is 4.79 Å². The molecule has 0 spiro atoms. The molecule has 0 aliphatic carbocycles. The lowest BCUT2D eigenvalue weighted by Crippen LogP contribution is -2.30. The van der Waals surface area contributed by atoms with Crippen molar-refractivity contribution in [3.63, 3.8) is 0 Å². The van der Waals surface area contributed by atoms with E-state index >= 15 is 0 Å². The van der Waals surface area contributed by atoms with Crippen molar-refractivity contribution in [2.75, 3.05) is 32.1 Å². The minimum atomic E-state index is -0.0950. The molecule has 21 heavy (non-hydrogen) atoms. The number of hydrogen-bond donors (Lipinski definition) is 1. The Kier molecular flexibility index (Phi) is 4.95. The number of benzene rings is 2. The lowest BCUT2D eigenvalue weighted by atomic mass is 10.1. The van der Waals surface area contributed by atoms with Gasteiger partial charge in [-0.2, -0.15) is 0 Å². The topological polar surface area (TPSA) is 43.8 Å². The van der Waals surface area contributed by atoms with Crippen LogP contribution < -0.4 is 4.90 Å². The molecule has 110 valence electrons. The predicted octanol–water partition coefficient (Wildman–Crippen LogP) is 2.52. The van der Waals surface area contributed by atoms with Gasteiger partial charge < -0.3 is 14.9 Å². The van der Waals surface area contributed by atoms with Crippen molar-refractivity contribution in [2.45, 2.75) is 0 Å². The van der Waals surface area contributed by atoms with Gasteiger partial charge in [-0.3, -0.25) is 4.79 Å². The molecule has 0 aromatic heterocycles. The van der Waals surface area contributed by atoms with E-state index in [1.807, 2.05) is 66.5 Å². The number of carbonyl (C=O) groups is 1. The third kappa shape index (κ3) is 3.41. The number of para-hydroxylation sites is 2. The van der Waals surface area contributed by atoms with Crippen LogP contribution >= 0.6 is 0 Å². The predicted molar refractivity (Wildman–Crippen MR) is 85.0 cm³/mol. The van der Waals surface area contributed by atoms with E-state index in [4.69, 9.17) is 5.11 Å². The molecule has 0 bridgehead atoms. The van der Waals surface area contributed by atoms with E-state index in [0.29, 0.717) is 12.1 Å². The van der Waals surface area contributed by atoms with Crippen LogP contribution in [-0.2, 0) is 0 Å². The van der Waals surface area contributed by atoms with Crippen LogP contribution in [0.25, 0.3) is 0 Å². The van der Waals surface area contributed by atoms with Gasteiger partial charge >= 0.3 is 0 Å². The first kappa shape index (κ1) is 15.1. The monoisotopic (exact) mass is 284 g/mol. The van der Waals surface area contributed by atoms with Crippen molar-refractivity contribution in [3.8, 4) is 0 Å². The zero-order valence-electron chi connectivity index (χ0n) is 12.4. The number of anilines is 2. The van der Waals surface area contributed by atoms with E-state index in [1.165, 1.54) is 4.90 Å². The first-order valence-corrected chi connectivity index (χ1v) is 6.89. The highest BCUT2D eigenvalue weighted by Gasteiger charge is 2.17. The lowest BCUT2D eigenvalue weighted by molar-refractivity contribution is 0.0767. The lowest BCUT2D eigenvalue weighted by Gasteiger charge is -2.24. The fourth-order valence-electron chi connectivity index (χ4n) is 2.19. The number of amides is 1. The maximum atomic E-state index is 12.5. The fraction of sp³-hybridized carbons (Fsp3) is 0.235. The van der Waals surface area contributed by atoms with E-state index in [1.54, 1.807) is 7.05 Å². The molecule has 1 amide bonds. The molecule has 2 aromatic rings. The molecule has 0 atom stereocenters. The summed E-state index contributed by atoms with van der Waals surface area (Å²) in [6.45, 7) is 0.279. The van der Waals surface area contributed by atoms with Gasteiger partial charge in [-0.15, -0.1) is 0 Å². The normalized spacial score (nSPS) is 10.2. The highest BCUT2D eigenvalue weighted by molar-refractivity contribution is 6.00. The Balaban J connectivity index is 2.35. The standard InChI is InChI=1S/C17H20N2O2/c1-18(12-13-20)17(21)15-10-6-7-11-16(15)19(2)14-8-4-3-5-9-14/h3-11,20H,12-13H2,1-2H3. The van der Waals surface area contributed by atoms with Crippen molar-refractivity contribution in [2.24, 2.45) is 0 Å². The van der Waals surface area contributed by atoms with Crippen LogP contribution in [-0.4, -0.2) is 43.2 Å². The van der Waals surface area contributed by atoms with Gasteiger partial charge in [-0.05, 0) is 24.3 Å². The quantitative estimate of drug-likeness (QED) is 0.917. The second-order valence-corrected chi connectivity index (χ2v) is 4.86. The number of nitrogens with zero attached hydrogens (tertiary/aromatic N) is 2. The van der Waals surface area contributed by atoms with Gasteiger partial charge in [0.1, 0.15) is 0 Å². The molecule has 2 aromatic carbocycles. The van der Waals surface area contributed by atoms with Gasteiger partial charge in [0, 0.05) is 26.3 Å². The molecule has 0 radical (unpaired) electrons. The molecule has 0 aliphatic rings. The van der Waals surface area contributed by atoms with E-state index < -0.39 is 0 Å². The average molecular weight is 284 g/mol. The summed E-state index contributed by atoms with van der Waals surface area (Å²) >= 11 is 0. The van der Waals surface area contributed by atoms with Gasteiger partial charge in [-0.1, -0.05) is 30.3 Å². The number of aliphatic hydroxyl groups excluding tert-OH is 1. The van der Waals surface area contributed by atoms with Gasteiger partial charge in [0.05, 0.1) is 17.9 Å². The third-order valence-corrected chi connectivity index (χ3v) is 3.42. The summed E-state index contributed by atoms with van der Waals surface area (Å²) in [5.74, 6) is -0.0950. The molecule has 0 fully saturated rings. The van der Waals surface area contributed by atoms with Gasteiger partial charge in [-0.25, -0.2) is 0 Å². The first-order chi connectivity index (χ1) is 10.1. The zero-order valence-corrected chi connectivity index (χ0v) is 12.4. The van der Waals surface area contributed by atoms with Crippen LogP contribution in [0, 0.1) is 0 Å². The molecular formula is C17H20N2O2. The SMILES string of the molecule is CN(CCO)C(=O)c1ccccc1N(C)c1ccccc1. The molecule has 4 heteroatoms. The Labute approximate surface area is 125 Å². The van der Waals surface area contributed by atoms with Crippen LogP contribution in [0.15, 0.2) is 54.6 Å². The molecular weight excluding hydrogens is 264 g/mol. The Hall–Kier alpha value is -2.33. The number of carbonyl (C=O) groups excluding carboxylic acids is 1. The van der Waals surface area contributed by atoms with E-state index in [-0.39, 0.29) is 12.5 Å². The number of rotatable bonds is 5. The molecule has 4 nitrogen and oxygen atoms in total. The van der Waals surface area contributed by atoms with E-state index in [0.717, 1.165) is 11.4 Å². The molecule has 0 saturated carbocycles. The summed E-state index contributed by atoms with van der Waals surface area (Å²) < 4.78 is 0. The highest BCUT2D eigenvalue weighted by Crippen LogP contribution is 2.27. The Morgan fingerprint density at radius 2 is 1.62 bits per heavy atom. The Bertz CT molecular complexity index is 599. The fourth-order valence-corrected chi connectivity index (χ4v) is 2.19. The van der Waals surface area contributed by atoms with Crippen LogP contribution in [0.5, 0.6) is 0 Å². The summed E-state index contributed by atoms with van der Waals surface area (Å²) in [5.41, 5.74) is 2.49. The number of aliphatic hydroxyl groups is 1. The average Bonchev–Trinajstić information content (AvgIpc) is 2.54. The molecule has 1 N–H and O–H groups in total. The zero-order chi connectivity index (χ0) is 15.2. The summed E-state index contributed by atoms with van der Waals surface area (Å²) in [7, 11) is 3.63. The molecule has 2 rings (SSSR count). The summed E-state index contributed by atoms with van der Waals surface area (Å²) in [6.07, 6.45) is 0. The minimum Gasteiger partial charge on any atom is -0.395 e. The maximum absolute atomic E-state index is 12.5. The summed E-state index contributed by atoms with van der Waals surface area (Å²) in [4.78, 5) is 16.0. The van der Waals surface area contributed by atoms with Crippen LogP contribution in [0.1, 0.15) is 10.4 Å². The van der Waals surface area contributed by atoms with Crippen molar-refractivity contribution in [3.05, 3.63) is 60.2 Å². The Morgan fingerprint density at radius 1 is 1.00 bits per heavy atom. The minimum absolute atomic E-state index is 0.0427. The summed E-state index contributed by atoms with van der Waals surface area (Å²) in [5, 5.41) is 8.98. The maximum Gasteiger partial charge on any atom is 0.255 e. The second kappa shape index (κ2) is 6.90. The van der Waals surface area contributed by atoms with Gasteiger partial charge in [0.15, 0.2) is 0 Å². The largest absolute Gasteiger partial charge is 0.395 e. The second-order valence-electron chi connectivity index (χ2n) is 4.86. The van der Waals surface area contributed by atoms with Crippen molar-refractivity contribution >= 4 is 17.3 Å². The van der Waals surface area contributed by atoms with Crippen molar-refractivity contribution in [1.29, 1.82) is 0 Å². The van der Waals surface area contributed by atoms with Gasteiger partial charge in [0.2, 0.25) is 0 Å². The molecule has 0 aliphatic heterocycles. The van der Waals surface area contributed by atoms with Crippen molar-refractivity contribution in [1.82, 2.24) is 4.90 Å². The summed E-state index contributed by atoms with van der Waals surface area (Å²) in [6, 6.07) is 17.4.